The van der Waals surface area contributed by atoms with Crippen LogP contribution < -0.4 is 0 Å². The number of imidazole rings is 1. The largest absolute Gasteiger partial charge is 0.295 e. The van der Waals surface area contributed by atoms with Crippen molar-refractivity contribution in [2.24, 2.45) is 5.10 Å². The van der Waals surface area contributed by atoms with Gasteiger partial charge in [0.2, 0.25) is 0 Å². The summed E-state index contributed by atoms with van der Waals surface area (Å²) in [4.78, 5) is 4.11. The highest BCUT2D eigenvalue weighted by Crippen LogP contribution is 2.32. The number of thiophene rings is 1. The molecule has 0 saturated carbocycles. The SMILES string of the molecule is Clc1cc(C(=NN2CCCCCC2)n2ccnc2)c(Cl)s1. The molecule has 3 rings (SSSR count). The molecular weight excluding hydrogens is 327 g/mol. The van der Waals surface area contributed by atoms with Gasteiger partial charge >= 0.3 is 0 Å². The minimum atomic E-state index is 0.655. The third kappa shape index (κ3) is 3.59. The molecule has 1 aliphatic rings. The minimum absolute atomic E-state index is 0.655. The van der Waals surface area contributed by atoms with Crippen LogP contribution in [0.4, 0.5) is 0 Å². The smallest absolute Gasteiger partial charge is 0.167 e. The second-order valence-corrected chi connectivity index (χ2v) is 7.28. The molecule has 0 radical (unpaired) electrons. The molecule has 21 heavy (non-hydrogen) atoms. The van der Waals surface area contributed by atoms with E-state index in [-0.39, 0.29) is 0 Å². The molecule has 0 aliphatic carbocycles. The molecule has 0 unspecified atom stereocenters. The summed E-state index contributed by atoms with van der Waals surface area (Å²) in [7, 11) is 0. The molecular formula is C14H16Cl2N4S. The summed E-state index contributed by atoms with van der Waals surface area (Å²) in [5.74, 6) is 0.780. The summed E-state index contributed by atoms with van der Waals surface area (Å²) in [5.41, 5.74) is 0.855. The van der Waals surface area contributed by atoms with E-state index in [1.807, 2.05) is 16.8 Å². The molecule has 7 heteroatoms. The zero-order valence-corrected chi connectivity index (χ0v) is 13.8. The standard InChI is InChI=1S/C14H16Cl2N4S/c15-12-9-11(13(16)21-12)14(19-8-5-17-10-19)18-20-6-3-1-2-4-7-20/h5,8-10H,1-4,6-7H2. The van der Waals surface area contributed by atoms with Gasteiger partial charge in [-0.15, -0.1) is 11.3 Å². The van der Waals surface area contributed by atoms with Crippen molar-refractivity contribution >= 4 is 40.4 Å². The van der Waals surface area contributed by atoms with Crippen LogP contribution in [0.3, 0.4) is 0 Å². The van der Waals surface area contributed by atoms with Gasteiger partial charge in [0.05, 0.1) is 9.90 Å². The molecule has 0 bridgehead atoms. The summed E-state index contributed by atoms with van der Waals surface area (Å²) < 4.78 is 3.20. The quantitative estimate of drug-likeness (QED) is 0.600. The highest BCUT2D eigenvalue weighted by Gasteiger charge is 2.16. The molecule has 2 aromatic heterocycles. The van der Waals surface area contributed by atoms with E-state index in [0.29, 0.717) is 8.67 Å². The average molecular weight is 343 g/mol. The Balaban J connectivity index is 1.98. The third-order valence-electron chi connectivity index (χ3n) is 3.47. The zero-order valence-electron chi connectivity index (χ0n) is 11.5. The van der Waals surface area contributed by atoms with E-state index < -0.39 is 0 Å². The van der Waals surface area contributed by atoms with Crippen molar-refractivity contribution in [1.29, 1.82) is 0 Å². The Morgan fingerprint density at radius 2 is 1.95 bits per heavy atom. The van der Waals surface area contributed by atoms with Gasteiger partial charge in [-0.1, -0.05) is 36.0 Å². The normalized spacial score (nSPS) is 17.0. The highest BCUT2D eigenvalue weighted by atomic mass is 35.5. The Bertz CT molecular complexity index is 613. The number of aromatic nitrogens is 2. The maximum Gasteiger partial charge on any atom is 0.167 e. The van der Waals surface area contributed by atoms with Gasteiger partial charge in [0, 0.05) is 25.5 Å². The first-order valence-electron chi connectivity index (χ1n) is 7.01. The zero-order chi connectivity index (χ0) is 14.7. The molecule has 0 aromatic carbocycles. The molecule has 0 amide bonds. The molecule has 1 aliphatic heterocycles. The van der Waals surface area contributed by atoms with E-state index >= 15 is 0 Å². The Morgan fingerprint density at radius 1 is 1.19 bits per heavy atom. The predicted octanol–water partition coefficient (Wildman–Crippen LogP) is 4.34. The number of rotatable bonds is 2. The lowest BCUT2D eigenvalue weighted by Crippen LogP contribution is -2.23. The number of nitrogens with zero attached hydrogens (tertiary/aromatic N) is 4. The van der Waals surface area contributed by atoms with Crippen LogP contribution in [-0.2, 0) is 0 Å². The second kappa shape index (κ2) is 6.81. The number of halogens is 2. The number of hydrazone groups is 1. The van der Waals surface area contributed by atoms with Crippen LogP contribution in [-0.4, -0.2) is 33.5 Å². The van der Waals surface area contributed by atoms with Crippen molar-refractivity contribution in [3.05, 3.63) is 39.0 Å². The fourth-order valence-corrected chi connectivity index (χ4v) is 3.87. The predicted molar refractivity (Wildman–Crippen MR) is 88.5 cm³/mol. The van der Waals surface area contributed by atoms with Crippen molar-refractivity contribution in [2.75, 3.05) is 13.1 Å². The Kier molecular flexibility index (Phi) is 4.83. The molecule has 2 aromatic rings. The molecule has 112 valence electrons. The Morgan fingerprint density at radius 3 is 2.52 bits per heavy atom. The number of hydrogen-bond donors (Lipinski definition) is 0. The van der Waals surface area contributed by atoms with E-state index in [1.165, 1.54) is 37.0 Å². The summed E-state index contributed by atoms with van der Waals surface area (Å²) in [6, 6.07) is 1.87. The molecule has 0 atom stereocenters. The van der Waals surface area contributed by atoms with Crippen molar-refractivity contribution in [1.82, 2.24) is 14.6 Å². The van der Waals surface area contributed by atoms with Crippen molar-refractivity contribution in [3.63, 3.8) is 0 Å². The van der Waals surface area contributed by atoms with Gasteiger partial charge in [-0.25, -0.2) is 4.98 Å². The first-order chi connectivity index (χ1) is 10.2. The van der Waals surface area contributed by atoms with Gasteiger partial charge in [-0.3, -0.25) is 9.58 Å². The van der Waals surface area contributed by atoms with E-state index in [2.05, 4.69) is 9.99 Å². The monoisotopic (exact) mass is 342 g/mol. The summed E-state index contributed by atoms with van der Waals surface area (Å²) >= 11 is 13.7. The topological polar surface area (TPSA) is 33.4 Å². The van der Waals surface area contributed by atoms with Gasteiger partial charge in [-0.2, -0.15) is 5.10 Å². The Hall–Kier alpha value is -1.04. The molecule has 4 nitrogen and oxygen atoms in total. The van der Waals surface area contributed by atoms with Gasteiger partial charge < -0.3 is 0 Å². The minimum Gasteiger partial charge on any atom is -0.295 e. The van der Waals surface area contributed by atoms with E-state index in [1.54, 1.807) is 12.5 Å². The average Bonchev–Trinajstić information content (AvgIpc) is 3.01. The van der Waals surface area contributed by atoms with Gasteiger partial charge in [0.25, 0.3) is 0 Å². The van der Waals surface area contributed by atoms with Crippen LogP contribution in [0.15, 0.2) is 29.9 Å². The van der Waals surface area contributed by atoms with E-state index in [9.17, 15) is 0 Å². The van der Waals surface area contributed by atoms with Crippen molar-refractivity contribution < 1.29 is 0 Å². The van der Waals surface area contributed by atoms with Crippen molar-refractivity contribution in [3.8, 4) is 0 Å². The maximum absolute atomic E-state index is 6.31. The first kappa shape index (κ1) is 14.9. The fourth-order valence-electron chi connectivity index (χ4n) is 2.41. The molecule has 0 N–H and O–H groups in total. The fraction of sp³-hybridized carbons (Fsp3) is 0.429. The molecule has 0 spiro atoms. The van der Waals surface area contributed by atoms with Crippen LogP contribution in [0.1, 0.15) is 31.2 Å². The lowest BCUT2D eigenvalue weighted by molar-refractivity contribution is 0.300. The van der Waals surface area contributed by atoms with Crippen LogP contribution >= 0.6 is 34.5 Å². The van der Waals surface area contributed by atoms with Crippen LogP contribution in [0.5, 0.6) is 0 Å². The first-order valence-corrected chi connectivity index (χ1v) is 8.58. The third-order valence-corrected chi connectivity index (χ3v) is 4.95. The summed E-state index contributed by atoms with van der Waals surface area (Å²) in [6.45, 7) is 1.96. The molecule has 3 heterocycles. The lowest BCUT2D eigenvalue weighted by Gasteiger charge is -2.18. The number of hydrogen-bond acceptors (Lipinski definition) is 4. The second-order valence-electron chi connectivity index (χ2n) is 5.00. The molecule has 1 saturated heterocycles. The van der Waals surface area contributed by atoms with Gasteiger partial charge in [0.1, 0.15) is 10.7 Å². The highest BCUT2D eigenvalue weighted by molar-refractivity contribution is 7.20. The van der Waals surface area contributed by atoms with Crippen LogP contribution in [0, 0.1) is 0 Å². The van der Waals surface area contributed by atoms with Crippen LogP contribution in [0.25, 0.3) is 0 Å². The van der Waals surface area contributed by atoms with Gasteiger partial charge in [0.15, 0.2) is 5.84 Å². The van der Waals surface area contributed by atoms with Gasteiger partial charge in [-0.05, 0) is 18.9 Å². The van der Waals surface area contributed by atoms with E-state index in [4.69, 9.17) is 28.3 Å². The lowest BCUT2D eigenvalue weighted by atomic mass is 10.2. The Labute approximate surface area is 138 Å². The van der Waals surface area contributed by atoms with E-state index in [0.717, 1.165) is 24.5 Å². The maximum atomic E-state index is 6.31. The summed E-state index contributed by atoms with van der Waals surface area (Å²) in [6.07, 6.45) is 10.3. The molecule has 1 fully saturated rings. The van der Waals surface area contributed by atoms with Crippen molar-refractivity contribution in [2.45, 2.75) is 25.7 Å². The van der Waals surface area contributed by atoms with Crippen LogP contribution in [0.2, 0.25) is 8.67 Å². The summed E-state index contributed by atoms with van der Waals surface area (Å²) in [5, 5.41) is 6.95.